The summed E-state index contributed by atoms with van der Waals surface area (Å²) in [6, 6.07) is 7.44. The molecule has 2 saturated carbocycles. The first-order chi connectivity index (χ1) is 15.2. The van der Waals surface area contributed by atoms with Gasteiger partial charge in [0, 0.05) is 36.6 Å². The molecule has 1 aromatic carbocycles. The van der Waals surface area contributed by atoms with Crippen LogP contribution in [0.3, 0.4) is 0 Å². The molecule has 7 aliphatic rings. The number of hydrogen-bond donors (Lipinski definition) is 0. The summed E-state index contributed by atoms with van der Waals surface area (Å²) in [5.74, 6) is 1.93. The van der Waals surface area contributed by atoms with Crippen LogP contribution in [0.15, 0.2) is 18.2 Å². The number of methoxy groups -OCH3 is 1. The first kappa shape index (κ1) is 19.3. The molecule has 0 N–H and O–H groups in total. The van der Waals surface area contributed by atoms with Crippen molar-refractivity contribution in [3.8, 4) is 5.75 Å². The van der Waals surface area contributed by atoms with E-state index in [0.29, 0.717) is 6.04 Å². The first-order valence-corrected chi connectivity index (χ1v) is 12.6. The van der Waals surface area contributed by atoms with Crippen molar-refractivity contribution in [3.63, 3.8) is 0 Å². The summed E-state index contributed by atoms with van der Waals surface area (Å²) in [7, 11) is 1.80. The summed E-state index contributed by atoms with van der Waals surface area (Å²) in [6.45, 7) is 7.24. The van der Waals surface area contributed by atoms with Crippen LogP contribution in [0.1, 0.15) is 49.7 Å². The van der Waals surface area contributed by atoms with E-state index in [0.717, 1.165) is 51.0 Å². The van der Waals surface area contributed by atoms with Gasteiger partial charge in [0.25, 0.3) is 0 Å². The summed E-state index contributed by atoms with van der Waals surface area (Å²) < 4.78 is 18.6. The number of ether oxygens (including phenoxy) is 3. The molecule has 0 radical (unpaired) electrons. The monoisotopic (exact) mass is 424 g/mol. The second-order valence-corrected chi connectivity index (χ2v) is 11.2. The minimum atomic E-state index is -0.0203. The lowest BCUT2D eigenvalue weighted by Crippen LogP contribution is -2.81. The lowest BCUT2D eigenvalue weighted by atomic mass is 9.45. The molecule has 4 aliphatic heterocycles. The van der Waals surface area contributed by atoms with Crippen molar-refractivity contribution in [1.82, 2.24) is 9.80 Å². The Morgan fingerprint density at radius 1 is 1.10 bits per heavy atom. The van der Waals surface area contributed by atoms with Crippen LogP contribution < -0.4 is 4.74 Å². The molecule has 5 heteroatoms. The summed E-state index contributed by atoms with van der Waals surface area (Å²) in [5.41, 5.74) is 3.37. The van der Waals surface area contributed by atoms with Gasteiger partial charge in [0.2, 0.25) is 0 Å². The molecule has 6 fully saturated rings. The number of morpholine rings is 1. The van der Waals surface area contributed by atoms with E-state index < -0.39 is 0 Å². The van der Waals surface area contributed by atoms with Gasteiger partial charge in [-0.25, -0.2) is 0 Å². The Bertz CT molecular complexity index is 869. The molecule has 4 saturated heterocycles. The van der Waals surface area contributed by atoms with E-state index in [4.69, 9.17) is 14.2 Å². The van der Waals surface area contributed by atoms with Crippen molar-refractivity contribution < 1.29 is 14.2 Å². The summed E-state index contributed by atoms with van der Waals surface area (Å²) in [4.78, 5) is 5.57. The zero-order valence-electron chi connectivity index (χ0n) is 18.9. The Hall–Kier alpha value is -1.14. The highest BCUT2D eigenvalue weighted by atomic mass is 16.5. The van der Waals surface area contributed by atoms with Crippen molar-refractivity contribution in [2.45, 2.75) is 67.5 Å². The van der Waals surface area contributed by atoms with Crippen molar-refractivity contribution in [2.24, 2.45) is 5.92 Å². The van der Waals surface area contributed by atoms with Crippen molar-refractivity contribution in [2.75, 3.05) is 53.1 Å². The first-order valence-electron chi connectivity index (χ1n) is 12.6. The van der Waals surface area contributed by atoms with Crippen LogP contribution in [0.5, 0.6) is 5.75 Å². The number of likely N-dealkylation sites (tertiary alicyclic amines) is 1. The Morgan fingerprint density at radius 3 is 2.71 bits per heavy atom. The van der Waals surface area contributed by atoms with Gasteiger partial charge in [-0.1, -0.05) is 6.07 Å². The number of rotatable bonds is 4. The molecule has 31 heavy (non-hydrogen) atoms. The zero-order valence-corrected chi connectivity index (χ0v) is 18.9. The molecule has 4 bridgehead atoms. The Kier molecular flexibility index (Phi) is 4.17. The minimum absolute atomic E-state index is 0.0203. The van der Waals surface area contributed by atoms with Crippen LogP contribution in [0.4, 0.5) is 0 Å². The van der Waals surface area contributed by atoms with Crippen LogP contribution >= 0.6 is 0 Å². The standard InChI is InChI=1S/C26H36N2O3/c1-29-21-5-4-20-14-23-26-7-6-24(18-31-26,28-10-12-30-13-11-28)17-25(26,22(20)15-21)8-9-27(23)16-19-2-3-19/h4-5,15,19,23H,2-3,6-14,16-18H2,1H3/t23-,24?,25-,26-/m1/s1. The average molecular weight is 425 g/mol. The number of benzene rings is 1. The number of fused-ring (bicyclic) bond motifs is 3. The van der Waals surface area contributed by atoms with Gasteiger partial charge in [0.1, 0.15) is 5.75 Å². The van der Waals surface area contributed by atoms with Crippen LogP contribution in [0.25, 0.3) is 0 Å². The topological polar surface area (TPSA) is 34.2 Å². The third-order valence-electron chi connectivity index (χ3n) is 9.92. The predicted octanol–water partition coefficient (Wildman–Crippen LogP) is 3.00. The molecule has 4 heterocycles. The normalized spacial score (nSPS) is 42.2. The fourth-order valence-corrected chi connectivity index (χ4v) is 8.24. The molecule has 5 nitrogen and oxygen atoms in total. The second kappa shape index (κ2) is 6.69. The molecule has 1 aromatic rings. The maximum absolute atomic E-state index is 7.18. The maximum Gasteiger partial charge on any atom is 0.119 e. The van der Waals surface area contributed by atoms with Crippen LogP contribution in [0.2, 0.25) is 0 Å². The molecule has 168 valence electrons. The third-order valence-corrected chi connectivity index (χ3v) is 9.92. The SMILES string of the molecule is COc1ccc2c(c1)[C@]13CCN(CC4CC4)[C@H](C2)[C@]12CCC(N1CCOCC1)(CO2)C3. The zero-order chi connectivity index (χ0) is 20.7. The highest BCUT2D eigenvalue weighted by Gasteiger charge is 2.72. The smallest absolute Gasteiger partial charge is 0.119 e. The Morgan fingerprint density at radius 2 is 1.97 bits per heavy atom. The molecular formula is C26H36N2O3. The molecule has 1 spiro atoms. The fraction of sp³-hybridized carbons (Fsp3) is 0.769. The highest BCUT2D eigenvalue weighted by Crippen LogP contribution is 2.66. The number of nitrogens with zero attached hydrogens (tertiary/aromatic N) is 2. The fourth-order valence-electron chi connectivity index (χ4n) is 8.24. The summed E-state index contributed by atoms with van der Waals surface area (Å²) >= 11 is 0. The van der Waals surface area contributed by atoms with Gasteiger partial charge in [0.15, 0.2) is 0 Å². The predicted molar refractivity (Wildman–Crippen MR) is 119 cm³/mol. The molecule has 4 atom stereocenters. The van der Waals surface area contributed by atoms with Gasteiger partial charge in [-0.2, -0.15) is 0 Å². The van der Waals surface area contributed by atoms with E-state index >= 15 is 0 Å². The summed E-state index contributed by atoms with van der Waals surface area (Å²) in [5, 5.41) is 0. The van der Waals surface area contributed by atoms with E-state index in [9.17, 15) is 0 Å². The van der Waals surface area contributed by atoms with Crippen LogP contribution in [-0.4, -0.2) is 80.1 Å². The van der Waals surface area contributed by atoms with Crippen LogP contribution in [-0.2, 0) is 21.3 Å². The second-order valence-electron chi connectivity index (χ2n) is 11.2. The molecule has 3 aliphatic carbocycles. The van der Waals surface area contributed by atoms with Crippen molar-refractivity contribution in [1.29, 1.82) is 0 Å². The van der Waals surface area contributed by atoms with E-state index in [-0.39, 0.29) is 16.6 Å². The van der Waals surface area contributed by atoms with E-state index in [1.165, 1.54) is 51.6 Å². The molecular weight excluding hydrogens is 388 g/mol. The highest BCUT2D eigenvalue weighted by molar-refractivity contribution is 5.50. The largest absolute Gasteiger partial charge is 0.497 e. The lowest BCUT2D eigenvalue weighted by molar-refractivity contribution is -0.284. The van der Waals surface area contributed by atoms with Gasteiger partial charge in [-0.3, -0.25) is 9.80 Å². The summed E-state index contributed by atoms with van der Waals surface area (Å²) in [6.07, 6.45) is 8.94. The third kappa shape index (κ3) is 2.58. The average Bonchev–Trinajstić information content (AvgIpc) is 3.65. The van der Waals surface area contributed by atoms with Gasteiger partial charge < -0.3 is 14.2 Å². The van der Waals surface area contributed by atoms with Gasteiger partial charge >= 0.3 is 0 Å². The molecule has 8 rings (SSSR count). The number of piperidine rings is 1. The Labute approximate surface area is 186 Å². The van der Waals surface area contributed by atoms with E-state index in [1.807, 2.05) is 0 Å². The molecule has 1 unspecified atom stereocenters. The van der Waals surface area contributed by atoms with Crippen molar-refractivity contribution in [3.05, 3.63) is 29.3 Å². The van der Waals surface area contributed by atoms with Crippen LogP contribution in [0, 0.1) is 5.92 Å². The maximum atomic E-state index is 7.18. The van der Waals surface area contributed by atoms with E-state index in [2.05, 4.69) is 28.0 Å². The molecule has 0 aromatic heterocycles. The van der Waals surface area contributed by atoms with Gasteiger partial charge in [-0.15, -0.1) is 0 Å². The van der Waals surface area contributed by atoms with Gasteiger partial charge in [-0.05, 0) is 80.7 Å². The number of hydrogen-bond acceptors (Lipinski definition) is 5. The quantitative estimate of drug-likeness (QED) is 0.742. The van der Waals surface area contributed by atoms with E-state index in [1.54, 1.807) is 18.2 Å². The Balaban J connectivity index is 1.35. The molecule has 0 amide bonds. The lowest BCUT2D eigenvalue weighted by Gasteiger charge is -2.73. The minimum Gasteiger partial charge on any atom is -0.497 e. The van der Waals surface area contributed by atoms with Gasteiger partial charge in [0.05, 0.1) is 32.5 Å². The van der Waals surface area contributed by atoms with Crippen molar-refractivity contribution >= 4 is 0 Å².